The number of fused-ring (bicyclic) bond motifs is 1. The van der Waals surface area contributed by atoms with Crippen molar-refractivity contribution in [2.45, 2.75) is 19.5 Å². The van der Waals surface area contributed by atoms with Crippen molar-refractivity contribution in [1.82, 2.24) is 4.98 Å². The van der Waals surface area contributed by atoms with Crippen LogP contribution in [-0.4, -0.2) is 10.1 Å². The summed E-state index contributed by atoms with van der Waals surface area (Å²) in [7, 11) is 0. The van der Waals surface area contributed by atoms with Crippen molar-refractivity contribution in [2.75, 3.05) is 0 Å². The minimum Gasteiger partial charge on any atom is -0.387 e. The van der Waals surface area contributed by atoms with E-state index in [4.69, 9.17) is 0 Å². The molecule has 0 saturated carbocycles. The summed E-state index contributed by atoms with van der Waals surface area (Å²) in [5.74, 6) is 0. The summed E-state index contributed by atoms with van der Waals surface area (Å²) in [4.78, 5) is 4.67. The molecule has 0 amide bonds. The number of thiophene rings is 1. The van der Waals surface area contributed by atoms with Crippen LogP contribution in [0.3, 0.4) is 0 Å². The fourth-order valence-electron chi connectivity index (χ4n) is 1.29. The van der Waals surface area contributed by atoms with Gasteiger partial charge in [-0.25, -0.2) is 13.8 Å². The van der Waals surface area contributed by atoms with Crippen molar-refractivity contribution < 1.29 is 13.9 Å². The highest BCUT2D eigenvalue weighted by molar-refractivity contribution is 7.18. The Bertz CT molecular complexity index is 475. The van der Waals surface area contributed by atoms with Gasteiger partial charge in [0.25, 0.3) is 6.43 Å². The molecule has 1 unspecified atom stereocenters. The third kappa shape index (κ3) is 1.98. The minimum absolute atomic E-state index is 0.0141. The summed E-state index contributed by atoms with van der Waals surface area (Å²) in [6.07, 6.45) is -3.13. The zero-order chi connectivity index (χ0) is 11.0. The predicted octanol–water partition coefficient (Wildman–Crippen LogP) is 3.29. The molecule has 15 heavy (non-hydrogen) atoms. The van der Waals surface area contributed by atoms with Gasteiger partial charge in [0.1, 0.15) is 4.83 Å². The maximum Gasteiger partial charge on any atom is 0.272 e. The second-order valence-corrected chi connectivity index (χ2v) is 4.32. The Labute approximate surface area is 89.2 Å². The van der Waals surface area contributed by atoms with Crippen LogP contribution in [-0.2, 0) is 0 Å². The summed E-state index contributed by atoms with van der Waals surface area (Å²) >= 11 is 0.965. The molecule has 0 saturated heterocycles. The molecule has 1 N–H and O–H groups in total. The largest absolute Gasteiger partial charge is 0.387 e. The first-order valence-electron chi connectivity index (χ1n) is 4.44. The van der Waals surface area contributed by atoms with Crippen molar-refractivity contribution in [3.63, 3.8) is 0 Å². The highest BCUT2D eigenvalue weighted by Crippen LogP contribution is 2.31. The molecule has 1 atom stereocenters. The molecular formula is C10H9F2NOS. The number of alkyl halides is 2. The van der Waals surface area contributed by atoms with Gasteiger partial charge in [-0.15, -0.1) is 11.3 Å². The Hall–Kier alpha value is -1.07. The van der Waals surface area contributed by atoms with E-state index in [1.54, 1.807) is 19.1 Å². The quantitative estimate of drug-likeness (QED) is 0.857. The van der Waals surface area contributed by atoms with E-state index in [0.29, 0.717) is 15.9 Å². The summed E-state index contributed by atoms with van der Waals surface area (Å²) < 4.78 is 24.8. The molecule has 0 bridgehead atoms. The van der Waals surface area contributed by atoms with E-state index in [9.17, 15) is 13.9 Å². The van der Waals surface area contributed by atoms with Crippen LogP contribution in [0.4, 0.5) is 8.78 Å². The van der Waals surface area contributed by atoms with Crippen LogP contribution in [0.5, 0.6) is 0 Å². The van der Waals surface area contributed by atoms with Gasteiger partial charge < -0.3 is 5.11 Å². The van der Waals surface area contributed by atoms with E-state index in [0.717, 1.165) is 11.3 Å². The number of nitrogens with zero attached hydrogens (tertiary/aromatic N) is 1. The average Bonchev–Trinajstić information content (AvgIpc) is 2.59. The molecular weight excluding hydrogens is 220 g/mol. The first-order valence-corrected chi connectivity index (χ1v) is 5.26. The van der Waals surface area contributed by atoms with Crippen LogP contribution >= 0.6 is 11.3 Å². The van der Waals surface area contributed by atoms with Crippen LogP contribution in [0.1, 0.15) is 30.0 Å². The van der Waals surface area contributed by atoms with Crippen molar-refractivity contribution in [1.29, 1.82) is 0 Å². The maximum absolute atomic E-state index is 12.4. The maximum atomic E-state index is 12.4. The molecule has 0 aliphatic carbocycles. The average molecular weight is 229 g/mol. The lowest BCUT2D eigenvalue weighted by Crippen LogP contribution is -1.93. The second kappa shape index (κ2) is 3.83. The summed E-state index contributed by atoms with van der Waals surface area (Å²) in [6, 6.07) is 4.78. The number of aliphatic hydroxyl groups excluding tert-OH is 1. The van der Waals surface area contributed by atoms with Crippen LogP contribution in [0.25, 0.3) is 10.2 Å². The third-order valence-corrected chi connectivity index (χ3v) is 3.12. The van der Waals surface area contributed by atoms with Gasteiger partial charge in [-0.05, 0) is 19.1 Å². The number of pyridine rings is 1. The molecule has 0 spiro atoms. The zero-order valence-corrected chi connectivity index (χ0v) is 8.76. The number of halogens is 2. The fraction of sp³-hybridized carbons (Fsp3) is 0.300. The van der Waals surface area contributed by atoms with Gasteiger partial charge in [-0.2, -0.15) is 0 Å². The topological polar surface area (TPSA) is 33.1 Å². The molecule has 0 aliphatic rings. The van der Waals surface area contributed by atoms with Crippen LogP contribution in [0, 0.1) is 0 Å². The van der Waals surface area contributed by atoms with Gasteiger partial charge in [0, 0.05) is 5.39 Å². The molecule has 2 heterocycles. The molecule has 0 aromatic carbocycles. The SMILES string of the molecule is CC(O)c1ccc2cc(C(F)F)sc2n1. The van der Waals surface area contributed by atoms with Gasteiger partial charge in [-0.3, -0.25) is 0 Å². The number of aromatic nitrogens is 1. The van der Waals surface area contributed by atoms with Crippen molar-refractivity contribution in [3.05, 3.63) is 28.8 Å². The molecule has 80 valence electrons. The molecule has 0 fully saturated rings. The second-order valence-electron chi connectivity index (χ2n) is 3.26. The van der Waals surface area contributed by atoms with Gasteiger partial charge in [0.05, 0.1) is 16.7 Å². The lowest BCUT2D eigenvalue weighted by Gasteiger charge is -2.01. The predicted molar refractivity (Wildman–Crippen MR) is 55.2 cm³/mol. The molecule has 2 aromatic heterocycles. The summed E-state index contributed by atoms with van der Waals surface area (Å²) in [5.41, 5.74) is 0.505. The zero-order valence-electron chi connectivity index (χ0n) is 7.95. The number of hydrogen-bond donors (Lipinski definition) is 1. The summed E-state index contributed by atoms with van der Waals surface area (Å²) in [6.45, 7) is 1.59. The summed E-state index contributed by atoms with van der Waals surface area (Å²) in [5, 5.41) is 9.99. The van der Waals surface area contributed by atoms with Crippen molar-refractivity contribution in [3.8, 4) is 0 Å². The Kier molecular flexibility index (Phi) is 2.67. The van der Waals surface area contributed by atoms with E-state index in [-0.39, 0.29) is 4.88 Å². The Morgan fingerprint density at radius 3 is 2.73 bits per heavy atom. The van der Waals surface area contributed by atoms with Gasteiger partial charge >= 0.3 is 0 Å². The molecule has 5 heteroatoms. The smallest absolute Gasteiger partial charge is 0.272 e. The highest BCUT2D eigenvalue weighted by Gasteiger charge is 2.13. The molecule has 0 aliphatic heterocycles. The Morgan fingerprint density at radius 1 is 1.40 bits per heavy atom. The normalized spacial score (nSPS) is 13.7. The fourth-order valence-corrected chi connectivity index (χ4v) is 2.19. The van der Waals surface area contributed by atoms with E-state index in [1.807, 2.05) is 0 Å². The first-order chi connectivity index (χ1) is 7.08. The van der Waals surface area contributed by atoms with E-state index < -0.39 is 12.5 Å². The van der Waals surface area contributed by atoms with Crippen LogP contribution in [0.15, 0.2) is 18.2 Å². The number of aliphatic hydroxyl groups is 1. The van der Waals surface area contributed by atoms with E-state index >= 15 is 0 Å². The van der Waals surface area contributed by atoms with E-state index in [1.165, 1.54) is 6.07 Å². The van der Waals surface area contributed by atoms with Crippen molar-refractivity contribution >= 4 is 21.6 Å². The van der Waals surface area contributed by atoms with Crippen LogP contribution in [0.2, 0.25) is 0 Å². The van der Waals surface area contributed by atoms with Gasteiger partial charge in [-0.1, -0.05) is 6.07 Å². The minimum atomic E-state index is -2.46. The molecule has 2 aromatic rings. The number of rotatable bonds is 2. The lowest BCUT2D eigenvalue weighted by molar-refractivity contribution is 0.156. The Morgan fingerprint density at radius 2 is 2.13 bits per heavy atom. The standard InChI is InChI=1S/C10H9F2NOS/c1-5(14)7-3-2-6-4-8(9(11)12)15-10(6)13-7/h2-5,9,14H,1H3. The highest BCUT2D eigenvalue weighted by atomic mass is 32.1. The Balaban J connectivity index is 2.52. The monoisotopic (exact) mass is 229 g/mol. The first kappa shape index (κ1) is 10.4. The van der Waals surface area contributed by atoms with Crippen molar-refractivity contribution in [2.24, 2.45) is 0 Å². The molecule has 2 nitrogen and oxygen atoms in total. The molecule has 0 radical (unpaired) electrons. The van der Waals surface area contributed by atoms with E-state index in [2.05, 4.69) is 4.98 Å². The van der Waals surface area contributed by atoms with Gasteiger partial charge in [0.2, 0.25) is 0 Å². The lowest BCUT2D eigenvalue weighted by atomic mass is 10.2. The molecule has 2 rings (SSSR count). The third-order valence-electron chi connectivity index (χ3n) is 2.07. The number of hydrogen-bond acceptors (Lipinski definition) is 3. The van der Waals surface area contributed by atoms with Gasteiger partial charge in [0.15, 0.2) is 0 Å². The van der Waals surface area contributed by atoms with Crippen LogP contribution < -0.4 is 0 Å².